The molecule has 0 radical (unpaired) electrons. The second-order valence-electron chi connectivity index (χ2n) is 6.39. The van der Waals surface area contributed by atoms with E-state index in [9.17, 15) is 0 Å². The second kappa shape index (κ2) is 19.2. The van der Waals surface area contributed by atoms with Crippen molar-refractivity contribution in [3.05, 3.63) is 36.0 Å². The lowest BCUT2D eigenvalue weighted by molar-refractivity contribution is 0.566. The predicted octanol–water partition coefficient (Wildman–Crippen LogP) is 8.01. The second-order valence-corrected chi connectivity index (χ2v) is 6.39. The molecule has 0 aromatic heterocycles. The van der Waals surface area contributed by atoms with Crippen LogP contribution in [-0.4, -0.2) is 0 Å². The van der Waals surface area contributed by atoms with Gasteiger partial charge in [-0.3, -0.25) is 0 Å². The summed E-state index contributed by atoms with van der Waals surface area (Å²) in [5, 5.41) is 0. The summed E-state index contributed by atoms with van der Waals surface area (Å²) in [6, 6.07) is 0. The highest BCUT2D eigenvalue weighted by Crippen LogP contribution is 2.10. The Morgan fingerprint density at radius 3 is 1.38 bits per heavy atom. The molecule has 0 bridgehead atoms. The van der Waals surface area contributed by atoms with E-state index in [0.29, 0.717) is 0 Å². The minimum absolute atomic E-state index is 1.20. The normalized spacial score (nSPS) is 9.38. The summed E-state index contributed by atoms with van der Waals surface area (Å²) in [4.78, 5) is 0. The van der Waals surface area contributed by atoms with E-state index in [2.05, 4.69) is 53.3 Å². The summed E-state index contributed by atoms with van der Waals surface area (Å²) < 4.78 is 0. The highest BCUT2D eigenvalue weighted by molar-refractivity contribution is 5.12. The van der Waals surface area contributed by atoms with Crippen molar-refractivity contribution in [1.29, 1.82) is 0 Å². The molecule has 0 saturated carbocycles. The topological polar surface area (TPSA) is 0 Å². The highest BCUT2D eigenvalue weighted by atomic mass is 14.0. The molecule has 0 nitrogen and oxygen atoms in total. The molecule has 0 heteroatoms. The Kier molecular flexibility index (Phi) is 20.6. The van der Waals surface area contributed by atoms with Crippen molar-refractivity contribution in [1.82, 2.24) is 0 Å². The first kappa shape index (κ1) is 22.5. The molecule has 0 aromatic carbocycles. The minimum Gasteiger partial charge on any atom is -0.103 e. The van der Waals surface area contributed by atoms with Gasteiger partial charge >= 0.3 is 0 Å². The van der Waals surface area contributed by atoms with Gasteiger partial charge in [-0.25, -0.2) is 0 Å². The molecule has 0 N–H and O–H groups in total. The van der Waals surface area contributed by atoms with E-state index in [1.165, 1.54) is 75.4 Å². The van der Waals surface area contributed by atoms with Crippen LogP contribution in [0.2, 0.25) is 0 Å². The molecule has 0 aliphatic carbocycles. The summed E-state index contributed by atoms with van der Waals surface area (Å²) in [5.41, 5.74) is 2.71. The maximum Gasteiger partial charge on any atom is -0.0353 e. The van der Waals surface area contributed by atoms with Gasteiger partial charge in [-0.15, -0.1) is 6.58 Å². The van der Waals surface area contributed by atoms with E-state index >= 15 is 0 Å². The Bertz CT molecular complexity index is 244. The zero-order chi connectivity index (χ0) is 16.3. The lowest BCUT2D eigenvalue weighted by atomic mass is 10.1. The van der Waals surface area contributed by atoms with Crippen molar-refractivity contribution in [2.45, 2.75) is 98.8 Å². The van der Waals surface area contributed by atoms with Gasteiger partial charge < -0.3 is 0 Å². The van der Waals surface area contributed by atoms with Gasteiger partial charge in [0.05, 0.1) is 0 Å². The van der Waals surface area contributed by atoms with Crippen molar-refractivity contribution in [2.75, 3.05) is 0 Å². The summed E-state index contributed by atoms with van der Waals surface area (Å²) in [5.74, 6) is 0. The summed E-state index contributed by atoms with van der Waals surface area (Å²) in [6.07, 6.45) is 20.2. The SMILES string of the molecule is C=CCCCCCCCCCCC.CC(C)=CC=C(C)C. The van der Waals surface area contributed by atoms with Gasteiger partial charge in [0.1, 0.15) is 0 Å². The predicted molar refractivity (Wildman–Crippen MR) is 101 cm³/mol. The molecule has 0 heterocycles. The number of rotatable bonds is 11. The van der Waals surface area contributed by atoms with Crippen molar-refractivity contribution in [3.8, 4) is 0 Å². The largest absolute Gasteiger partial charge is 0.103 e. The Labute approximate surface area is 135 Å². The number of hydrogen-bond donors (Lipinski definition) is 0. The van der Waals surface area contributed by atoms with Crippen LogP contribution in [-0.2, 0) is 0 Å². The standard InChI is InChI=1S/C13H26.C8H14/c1-3-5-7-9-11-13-12-10-8-6-4-2;1-7(2)5-6-8(3)4/h3H,1,4-13H2,2H3;5-6H,1-4H3. The van der Waals surface area contributed by atoms with Gasteiger partial charge in [0.2, 0.25) is 0 Å². The molecule has 0 unspecified atom stereocenters. The van der Waals surface area contributed by atoms with Crippen LogP contribution >= 0.6 is 0 Å². The zero-order valence-electron chi connectivity index (χ0n) is 15.5. The van der Waals surface area contributed by atoms with E-state index in [0.717, 1.165) is 0 Å². The van der Waals surface area contributed by atoms with Gasteiger partial charge in [-0.1, -0.05) is 87.7 Å². The average molecular weight is 293 g/mol. The monoisotopic (exact) mass is 292 g/mol. The van der Waals surface area contributed by atoms with E-state index in [4.69, 9.17) is 0 Å². The third-order valence-corrected chi connectivity index (χ3v) is 3.26. The Morgan fingerprint density at radius 2 is 1.05 bits per heavy atom. The Morgan fingerprint density at radius 1 is 0.667 bits per heavy atom. The molecule has 0 spiro atoms. The van der Waals surface area contributed by atoms with Gasteiger partial charge in [0.25, 0.3) is 0 Å². The molecular weight excluding hydrogens is 252 g/mol. The third-order valence-electron chi connectivity index (χ3n) is 3.26. The molecule has 0 fully saturated rings. The van der Waals surface area contributed by atoms with E-state index in [1.807, 2.05) is 6.08 Å². The first-order valence-corrected chi connectivity index (χ1v) is 8.93. The minimum atomic E-state index is 1.20. The number of unbranched alkanes of at least 4 members (excludes halogenated alkanes) is 9. The molecule has 0 amide bonds. The molecule has 0 aliphatic heterocycles. The van der Waals surface area contributed by atoms with Crippen LogP contribution in [0.5, 0.6) is 0 Å². The average Bonchev–Trinajstić information content (AvgIpc) is 2.44. The van der Waals surface area contributed by atoms with Gasteiger partial charge in [-0.2, -0.15) is 0 Å². The van der Waals surface area contributed by atoms with Crippen molar-refractivity contribution < 1.29 is 0 Å². The molecule has 0 saturated heterocycles. The van der Waals surface area contributed by atoms with E-state index < -0.39 is 0 Å². The van der Waals surface area contributed by atoms with Gasteiger partial charge in [0.15, 0.2) is 0 Å². The first-order valence-electron chi connectivity index (χ1n) is 8.93. The van der Waals surface area contributed by atoms with Crippen LogP contribution in [0.3, 0.4) is 0 Å². The smallest absolute Gasteiger partial charge is 0.0353 e. The molecule has 0 aliphatic rings. The van der Waals surface area contributed by atoms with Crippen LogP contribution < -0.4 is 0 Å². The Balaban J connectivity index is 0. The van der Waals surface area contributed by atoms with E-state index in [1.54, 1.807) is 0 Å². The fourth-order valence-corrected chi connectivity index (χ4v) is 1.93. The van der Waals surface area contributed by atoms with Crippen LogP contribution in [0.15, 0.2) is 36.0 Å². The molecule has 0 rings (SSSR count). The third kappa shape index (κ3) is 28.2. The fraction of sp³-hybridized carbons (Fsp3) is 0.714. The van der Waals surface area contributed by atoms with Crippen molar-refractivity contribution in [3.63, 3.8) is 0 Å². The fourth-order valence-electron chi connectivity index (χ4n) is 1.93. The maximum atomic E-state index is 3.73. The quantitative estimate of drug-likeness (QED) is 0.205. The van der Waals surface area contributed by atoms with E-state index in [-0.39, 0.29) is 0 Å². The van der Waals surface area contributed by atoms with Crippen LogP contribution in [0.25, 0.3) is 0 Å². The van der Waals surface area contributed by atoms with Crippen molar-refractivity contribution >= 4 is 0 Å². The summed E-state index contributed by atoms with van der Waals surface area (Å²) in [6.45, 7) is 14.4. The van der Waals surface area contributed by atoms with Gasteiger partial charge in [-0.05, 0) is 40.5 Å². The van der Waals surface area contributed by atoms with Crippen LogP contribution in [0.1, 0.15) is 98.8 Å². The molecule has 21 heavy (non-hydrogen) atoms. The summed E-state index contributed by atoms with van der Waals surface area (Å²) in [7, 11) is 0. The summed E-state index contributed by atoms with van der Waals surface area (Å²) >= 11 is 0. The van der Waals surface area contributed by atoms with Crippen LogP contribution in [0.4, 0.5) is 0 Å². The first-order chi connectivity index (χ1) is 10.0. The lowest BCUT2D eigenvalue weighted by Crippen LogP contribution is -1.80. The molecule has 0 atom stereocenters. The molecular formula is C21H40. The van der Waals surface area contributed by atoms with Gasteiger partial charge in [0, 0.05) is 0 Å². The lowest BCUT2D eigenvalue weighted by Gasteiger charge is -2.00. The molecule has 124 valence electrons. The molecule has 0 aromatic rings. The Hall–Kier alpha value is -0.780. The highest BCUT2D eigenvalue weighted by Gasteiger charge is 1.90. The zero-order valence-corrected chi connectivity index (χ0v) is 15.5. The number of allylic oxidation sites excluding steroid dienone is 5. The van der Waals surface area contributed by atoms with Crippen LogP contribution in [0, 0.1) is 0 Å². The van der Waals surface area contributed by atoms with Crippen molar-refractivity contribution in [2.24, 2.45) is 0 Å². The number of hydrogen-bond acceptors (Lipinski definition) is 0. The maximum absolute atomic E-state index is 3.73.